The molecule has 1 aromatic heterocycles. The van der Waals surface area contributed by atoms with Crippen molar-refractivity contribution in [3.05, 3.63) is 20.8 Å². The lowest BCUT2D eigenvalue weighted by atomic mass is 10.1. The smallest absolute Gasteiger partial charge is 0.0755 e. The number of nitrogens with zero attached hydrogens (tertiary/aromatic N) is 2. The molecule has 3 nitrogen and oxygen atoms in total. The van der Waals surface area contributed by atoms with Crippen molar-refractivity contribution in [2.75, 3.05) is 33.7 Å². The predicted octanol–water partition coefficient (Wildman–Crippen LogP) is 2.05. The summed E-state index contributed by atoms with van der Waals surface area (Å²) in [5.41, 5.74) is 0. The minimum absolute atomic E-state index is 0.235. The molecule has 0 aliphatic carbocycles. The first-order valence-corrected chi connectivity index (χ1v) is 8.03. The van der Waals surface area contributed by atoms with Gasteiger partial charge in [-0.3, -0.25) is 4.90 Å². The van der Waals surface area contributed by atoms with Gasteiger partial charge < -0.3 is 10.0 Å². The summed E-state index contributed by atoms with van der Waals surface area (Å²) in [4.78, 5) is 5.87. The van der Waals surface area contributed by atoms with Crippen molar-refractivity contribution < 1.29 is 5.11 Å². The van der Waals surface area contributed by atoms with Gasteiger partial charge in [0.15, 0.2) is 0 Å². The fourth-order valence-corrected chi connectivity index (χ4v) is 4.03. The highest BCUT2D eigenvalue weighted by Crippen LogP contribution is 2.22. The summed E-state index contributed by atoms with van der Waals surface area (Å²) < 4.78 is 1.11. The van der Waals surface area contributed by atoms with Gasteiger partial charge in [0.2, 0.25) is 0 Å². The molecule has 0 aromatic carbocycles. The van der Waals surface area contributed by atoms with Crippen LogP contribution < -0.4 is 0 Å². The first-order chi connectivity index (χ1) is 8.56. The molecule has 18 heavy (non-hydrogen) atoms. The molecule has 2 unspecified atom stereocenters. The van der Waals surface area contributed by atoms with Crippen molar-refractivity contribution in [3.63, 3.8) is 0 Å². The molecule has 1 aliphatic heterocycles. The summed E-state index contributed by atoms with van der Waals surface area (Å²) in [5.74, 6) is 0. The number of aliphatic hydroxyl groups excluding tert-OH is 1. The minimum atomic E-state index is -0.291. The number of rotatable bonds is 3. The Morgan fingerprint density at radius 2 is 2.28 bits per heavy atom. The van der Waals surface area contributed by atoms with E-state index in [9.17, 15) is 5.11 Å². The van der Waals surface area contributed by atoms with Crippen LogP contribution >= 0.6 is 27.3 Å². The van der Waals surface area contributed by atoms with E-state index in [1.165, 1.54) is 11.3 Å². The molecule has 1 aliphatic rings. The van der Waals surface area contributed by atoms with E-state index >= 15 is 0 Å². The van der Waals surface area contributed by atoms with Gasteiger partial charge in [-0.2, -0.15) is 0 Å². The van der Waals surface area contributed by atoms with E-state index in [-0.39, 0.29) is 12.1 Å². The Kier molecular flexibility index (Phi) is 5.21. The Labute approximate surface area is 122 Å². The molecule has 0 radical (unpaired) electrons. The Hall–Kier alpha value is 0.0600. The molecule has 0 amide bonds. The molecule has 0 saturated carbocycles. The maximum atomic E-state index is 10.5. The largest absolute Gasteiger partial charge is 0.391 e. The normalized spacial score (nSPS) is 25.0. The van der Waals surface area contributed by atoms with E-state index in [0.29, 0.717) is 0 Å². The standard InChI is InChI=1S/C13H21BrN2OS/c1-15-4-3-5-16(2)12(8-15)13(17)7-11-6-10(14)9-18-11/h6,9,12-13,17H,3-5,7-8H2,1-2H3. The van der Waals surface area contributed by atoms with Crippen LogP contribution in [0.2, 0.25) is 0 Å². The molecule has 2 heterocycles. The Morgan fingerprint density at radius 1 is 1.50 bits per heavy atom. The SMILES string of the molecule is CN1CCCN(C)C(C(O)Cc2cc(Br)cs2)C1. The molecule has 2 atom stereocenters. The van der Waals surface area contributed by atoms with Gasteiger partial charge in [-0.1, -0.05) is 0 Å². The second-order valence-corrected chi connectivity index (χ2v) is 7.08. The van der Waals surface area contributed by atoms with Gasteiger partial charge in [0, 0.05) is 33.7 Å². The van der Waals surface area contributed by atoms with E-state index in [2.05, 4.69) is 51.3 Å². The summed E-state index contributed by atoms with van der Waals surface area (Å²) >= 11 is 5.17. The van der Waals surface area contributed by atoms with Crippen LogP contribution in [0.25, 0.3) is 0 Å². The number of hydrogen-bond acceptors (Lipinski definition) is 4. The molecule has 1 aromatic rings. The maximum absolute atomic E-state index is 10.5. The summed E-state index contributed by atoms with van der Waals surface area (Å²) in [5, 5.41) is 12.5. The van der Waals surface area contributed by atoms with Crippen molar-refractivity contribution in [2.24, 2.45) is 0 Å². The van der Waals surface area contributed by atoms with E-state index in [0.717, 1.165) is 30.5 Å². The van der Waals surface area contributed by atoms with Gasteiger partial charge in [-0.15, -0.1) is 11.3 Å². The quantitative estimate of drug-likeness (QED) is 0.917. The fraction of sp³-hybridized carbons (Fsp3) is 0.692. The second kappa shape index (κ2) is 6.48. The zero-order valence-corrected chi connectivity index (χ0v) is 13.4. The van der Waals surface area contributed by atoms with Crippen LogP contribution in [0.15, 0.2) is 15.9 Å². The Balaban J connectivity index is 1.99. The average molecular weight is 333 g/mol. The van der Waals surface area contributed by atoms with Crippen molar-refractivity contribution in [3.8, 4) is 0 Å². The lowest BCUT2D eigenvalue weighted by Crippen LogP contribution is -2.46. The van der Waals surface area contributed by atoms with Crippen molar-refractivity contribution in [1.29, 1.82) is 0 Å². The van der Waals surface area contributed by atoms with E-state index in [1.807, 2.05) is 0 Å². The van der Waals surface area contributed by atoms with E-state index in [1.54, 1.807) is 11.3 Å². The zero-order valence-electron chi connectivity index (χ0n) is 11.0. The fourth-order valence-electron chi connectivity index (χ4n) is 2.52. The highest BCUT2D eigenvalue weighted by atomic mass is 79.9. The number of hydrogen-bond donors (Lipinski definition) is 1. The summed E-state index contributed by atoms with van der Waals surface area (Å²) in [7, 11) is 4.26. The monoisotopic (exact) mass is 332 g/mol. The van der Waals surface area contributed by atoms with Crippen molar-refractivity contribution in [2.45, 2.75) is 25.0 Å². The molecular weight excluding hydrogens is 312 g/mol. The topological polar surface area (TPSA) is 26.7 Å². The minimum Gasteiger partial charge on any atom is -0.391 e. The third kappa shape index (κ3) is 3.78. The van der Waals surface area contributed by atoms with Gasteiger partial charge in [-0.25, -0.2) is 0 Å². The van der Waals surface area contributed by atoms with E-state index < -0.39 is 0 Å². The second-order valence-electron chi connectivity index (χ2n) is 5.17. The average Bonchev–Trinajstić information content (AvgIpc) is 2.62. The first kappa shape index (κ1) is 14.5. The maximum Gasteiger partial charge on any atom is 0.0755 e. The third-order valence-electron chi connectivity index (χ3n) is 3.59. The van der Waals surface area contributed by atoms with E-state index in [4.69, 9.17) is 0 Å². The van der Waals surface area contributed by atoms with Crippen LogP contribution in [-0.4, -0.2) is 60.8 Å². The molecule has 1 saturated heterocycles. The van der Waals surface area contributed by atoms with Gasteiger partial charge in [0.1, 0.15) is 0 Å². The molecule has 5 heteroatoms. The Morgan fingerprint density at radius 3 is 2.94 bits per heavy atom. The molecule has 0 bridgehead atoms. The molecule has 1 fully saturated rings. The molecular formula is C13H21BrN2OS. The highest BCUT2D eigenvalue weighted by molar-refractivity contribution is 9.10. The summed E-state index contributed by atoms with van der Waals surface area (Å²) in [6.07, 6.45) is 1.64. The van der Waals surface area contributed by atoms with Crippen LogP contribution in [0, 0.1) is 0 Å². The molecule has 2 rings (SSSR count). The molecule has 1 N–H and O–H groups in total. The van der Waals surface area contributed by atoms with Crippen LogP contribution in [-0.2, 0) is 6.42 Å². The van der Waals surface area contributed by atoms with Crippen LogP contribution in [0.1, 0.15) is 11.3 Å². The molecule has 0 spiro atoms. The lowest BCUT2D eigenvalue weighted by Gasteiger charge is -2.31. The van der Waals surface area contributed by atoms with Crippen LogP contribution in [0.3, 0.4) is 0 Å². The van der Waals surface area contributed by atoms with Crippen LogP contribution in [0.4, 0.5) is 0 Å². The summed E-state index contributed by atoms with van der Waals surface area (Å²) in [6, 6.07) is 2.34. The number of thiophene rings is 1. The number of aliphatic hydroxyl groups is 1. The Bertz CT molecular complexity index is 385. The van der Waals surface area contributed by atoms with Crippen molar-refractivity contribution in [1.82, 2.24) is 9.80 Å². The summed E-state index contributed by atoms with van der Waals surface area (Å²) in [6.45, 7) is 3.14. The van der Waals surface area contributed by atoms with Crippen LogP contribution in [0.5, 0.6) is 0 Å². The van der Waals surface area contributed by atoms with Crippen molar-refractivity contribution >= 4 is 27.3 Å². The number of likely N-dealkylation sites (N-methyl/N-ethyl adjacent to an activating group) is 2. The predicted molar refractivity (Wildman–Crippen MR) is 80.3 cm³/mol. The van der Waals surface area contributed by atoms with Gasteiger partial charge >= 0.3 is 0 Å². The first-order valence-electron chi connectivity index (χ1n) is 6.36. The number of halogens is 1. The van der Waals surface area contributed by atoms with Gasteiger partial charge in [0.05, 0.1) is 6.10 Å². The molecule has 102 valence electrons. The zero-order chi connectivity index (χ0) is 13.1. The lowest BCUT2D eigenvalue weighted by molar-refractivity contribution is 0.0586. The highest BCUT2D eigenvalue weighted by Gasteiger charge is 2.27. The van der Waals surface area contributed by atoms with Gasteiger partial charge in [0.25, 0.3) is 0 Å². The third-order valence-corrected chi connectivity index (χ3v) is 5.31. The van der Waals surface area contributed by atoms with Gasteiger partial charge in [-0.05, 0) is 55.6 Å².